The van der Waals surface area contributed by atoms with Crippen LogP contribution in [0.4, 0.5) is 4.79 Å². The van der Waals surface area contributed by atoms with E-state index in [-0.39, 0.29) is 11.8 Å². The monoisotopic (exact) mass is 289 g/mol. The summed E-state index contributed by atoms with van der Waals surface area (Å²) < 4.78 is 5.22. The number of hydrogen-bond acceptors (Lipinski definition) is 3. The predicted molar refractivity (Wildman–Crippen MR) is 79.5 cm³/mol. The number of fused-ring (bicyclic) bond motifs is 1. The van der Waals surface area contributed by atoms with Gasteiger partial charge in [-0.25, -0.2) is 4.79 Å². The number of hydrogen-bond donors (Lipinski definition) is 3. The van der Waals surface area contributed by atoms with Crippen molar-refractivity contribution in [2.24, 2.45) is 0 Å². The molecule has 0 saturated carbocycles. The van der Waals surface area contributed by atoms with Crippen LogP contribution in [-0.2, 0) is 11.2 Å². The number of morpholine rings is 1. The van der Waals surface area contributed by atoms with Crippen LogP contribution in [0.25, 0.3) is 10.9 Å². The molecule has 1 fully saturated rings. The first-order valence-corrected chi connectivity index (χ1v) is 7.13. The molecule has 0 aliphatic carbocycles. The van der Waals surface area contributed by atoms with Gasteiger partial charge in [0, 0.05) is 36.7 Å². The summed E-state index contributed by atoms with van der Waals surface area (Å²) in [5.74, 6) is 0.251. The molecule has 0 atom stereocenters. The van der Waals surface area contributed by atoms with Crippen molar-refractivity contribution in [1.82, 2.24) is 15.2 Å². The number of amides is 2. The van der Waals surface area contributed by atoms with Crippen LogP contribution >= 0.6 is 0 Å². The summed E-state index contributed by atoms with van der Waals surface area (Å²) in [5.41, 5.74) is 2.07. The fourth-order valence-corrected chi connectivity index (χ4v) is 2.56. The van der Waals surface area contributed by atoms with E-state index in [4.69, 9.17) is 4.74 Å². The van der Waals surface area contributed by atoms with Crippen molar-refractivity contribution >= 4 is 16.9 Å². The van der Waals surface area contributed by atoms with Gasteiger partial charge < -0.3 is 25.0 Å². The van der Waals surface area contributed by atoms with Gasteiger partial charge in [0.25, 0.3) is 0 Å². The van der Waals surface area contributed by atoms with E-state index in [9.17, 15) is 9.90 Å². The Morgan fingerprint density at radius 1 is 1.38 bits per heavy atom. The van der Waals surface area contributed by atoms with Crippen LogP contribution in [0.3, 0.4) is 0 Å². The van der Waals surface area contributed by atoms with E-state index in [0.717, 1.165) is 22.9 Å². The molecule has 1 aromatic heterocycles. The lowest BCUT2D eigenvalue weighted by Crippen LogP contribution is -2.46. The molecule has 112 valence electrons. The highest BCUT2D eigenvalue weighted by Gasteiger charge is 2.16. The van der Waals surface area contributed by atoms with Crippen LogP contribution in [0.1, 0.15) is 5.56 Å². The zero-order valence-electron chi connectivity index (χ0n) is 11.8. The van der Waals surface area contributed by atoms with Gasteiger partial charge in [-0.3, -0.25) is 0 Å². The Morgan fingerprint density at radius 2 is 2.19 bits per heavy atom. The van der Waals surface area contributed by atoms with E-state index < -0.39 is 0 Å². The average molecular weight is 289 g/mol. The first-order valence-electron chi connectivity index (χ1n) is 7.13. The number of carbonyl (C=O) groups excluding carboxylic acids is 1. The minimum atomic E-state index is -0.0408. The van der Waals surface area contributed by atoms with Crippen molar-refractivity contribution in [3.05, 3.63) is 30.0 Å². The first-order chi connectivity index (χ1) is 10.2. The van der Waals surface area contributed by atoms with Gasteiger partial charge in [-0.1, -0.05) is 0 Å². The fraction of sp³-hybridized carbons (Fsp3) is 0.400. The van der Waals surface area contributed by atoms with Crippen molar-refractivity contribution in [3.8, 4) is 5.75 Å². The highest BCUT2D eigenvalue weighted by atomic mass is 16.5. The average Bonchev–Trinajstić information content (AvgIpc) is 2.90. The second-order valence-electron chi connectivity index (χ2n) is 5.13. The molecular weight excluding hydrogens is 270 g/mol. The molecule has 1 aliphatic heterocycles. The van der Waals surface area contributed by atoms with Crippen LogP contribution in [-0.4, -0.2) is 53.9 Å². The smallest absolute Gasteiger partial charge is 0.317 e. The number of nitrogens with one attached hydrogen (secondary N) is 2. The summed E-state index contributed by atoms with van der Waals surface area (Å²) in [4.78, 5) is 16.9. The summed E-state index contributed by atoms with van der Waals surface area (Å²) in [5, 5.41) is 13.5. The maximum absolute atomic E-state index is 12.0. The van der Waals surface area contributed by atoms with Gasteiger partial charge in [-0.15, -0.1) is 0 Å². The Kier molecular flexibility index (Phi) is 3.96. The largest absolute Gasteiger partial charge is 0.508 e. The van der Waals surface area contributed by atoms with Crippen LogP contribution in [0, 0.1) is 0 Å². The highest BCUT2D eigenvalue weighted by Crippen LogP contribution is 2.22. The SMILES string of the molecule is O=C(NCCc1c[nH]c2ccc(O)cc12)N1CCOCC1. The number of phenolic OH excluding ortho intramolecular Hbond substituents is 1. The lowest BCUT2D eigenvalue weighted by atomic mass is 10.1. The van der Waals surface area contributed by atoms with Crippen LogP contribution in [0.5, 0.6) is 5.75 Å². The van der Waals surface area contributed by atoms with E-state index in [0.29, 0.717) is 32.8 Å². The summed E-state index contributed by atoms with van der Waals surface area (Å²) in [6, 6.07) is 5.20. The van der Waals surface area contributed by atoms with Crippen molar-refractivity contribution in [3.63, 3.8) is 0 Å². The van der Waals surface area contributed by atoms with E-state index in [1.165, 1.54) is 0 Å². The number of aromatic hydroxyl groups is 1. The number of aromatic amines is 1. The van der Waals surface area contributed by atoms with Crippen LogP contribution < -0.4 is 5.32 Å². The number of carbonyl (C=O) groups is 1. The topological polar surface area (TPSA) is 77.6 Å². The second-order valence-corrected chi connectivity index (χ2v) is 5.13. The molecule has 6 heteroatoms. The molecule has 2 aromatic rings. The Bertz CT molecular complexity index is 632. The predicted octanol–water partition coefficient (Wildman–Crippen LogP) is 1.46. The third-order valence-corrected chi connectivity index (χ3v) is 3.72. The molecule has 0 bridgehead atoms. The third kappa shape index (κ3) is 3.11. The maximum atomic E-state index is 12.0. The minimum Gasteiger partial charge on any atom is -0.508 e. The van der Waals surface area contributed by atoms with Gasteiger partial charge in [0.1, 0.15) is 5.75 Å². The lowest BCUT2D eigenvalue weighted by molar-refractivity contribution is 0.0533. The number of nitrogens with zero attached hydrogens (tertiary/aromatic N) is 1. The number of H-pyrrole nitrogens is 1. The Morgan fingerprint density at radius 3 is 3.00 bits per heavy atom. The van der Waals surface area contributed by atoms with Gasteiger partial charge in [-0.2, -0.15) is 0 Å². The molecule has 0 spiro atoms. The number of urea groups is 1. The molecule has 3 rings (SSSR count). The molecule has 0 unspecified atom stereocenters. The molecule has 2 heterocycles. The first kappa shape index (κ1) is 13.8. The van der Waals surface area contributed by atoms with E-state index >= 15 is 0 Å². The molecule has 1 saturated heterocycles. The molecule has 1 aliphatic rings. The summed E-state index contributed by atoms with van der Waals surface area (Å²) >= 11 is 0. The van der Waals surface area contributed by atoms with Crippen molar-refractivity contribution in [2.75, 3.05) is 32.8 Å². The van der Waals surface area contributed by atoms with Gasteiger partial charge in [0.2, 0.25) is 0 Å². The lowest BCUT2D eigenvalue weighted by Gasteiger charge is -2.26. The van der Waals surface area contributed by atoms with Gasteiger partial charge in [-0.05, 0) is 30.2 Å². The van der Waals surface area contributed by atoms with Gasteiger partial charge in [0.15, 0.2) is 0 Å². The molecule has 6 nitrogen and oxygen atoms in total. The molecule has 21 heavy (non-hydrogen) atoms. The molecule has 2 amide bonds. The number of ether oxygens (including phenoxy) is 1. The molecule has 3 N–H and O–H groups in total. The van der Waals surface area contributed by atoms with Crippen LogP contribution in [0.15, 0.2) is 24.4 Å². The summed E-state index contributed by atoms with van der Waals surface area (Å²) in [6.07, 6.45) is 2.64. The van der Waals surface area contributed by atoms with Crippen molar-refractivity contribution in [2.45, 2.75) is 6.42 Å². The number of rotatable bonds is 3. The highest BCUT2D eigenvalue weighted by molar-refractivity contribution is 5.84. The Balaban J connectivity index is 1.56. The zero-order chi connectivity index (χ0) is 14.7. The number of benzene rings is 1. The normalized spacial score (nSPS) is 15.3. The summed E-state index contributed by atoms with van der Waals surface area (Å²) in [6.45, 7) is 3.07. The van der Waals surface area contributed by atoms with Gasteiger partial charge in [0.05, 0.1) is 13.2 Å². The maximum Gasteiger partial charge on any atom is 0.317 e. The quantitative estimate of drug-likeness (QED) is 0.800. The zero-order valence-corrected chi connectivity index (χ0v) is 11.8. The molecular formula is C15H19N3O3. The Hall–Kier alpha value is -2.21. The third-order valence-electron chi connectivity index (χ3n) is 3.72. The number of aromatic nitrogens is 1. The van der Waals surface area contributed by atoms with Crippen molar-refractivity contribution < 1.29 is 14.6 Å². The van der Waals surface area contributed by atoms with Gasteiger partial charge >= 0.3 is 6.03 Å². The number of phenols is 1. The molecule has 0 radical (unpaired) electrons. The van der Waals surface area contributed by atoms with Crippen molar-refractivity contribution in [1.29, 1.82) is 0 Å². The molecule has 1 aromatic carbocycles. The van der Waals surface area contributed by atoms with E-state index in [1.807, 2.05) is 12.3 Å². The van der Waals surface area contributed by atoms with E-state index in [1.54, 1.807) is 17.0 Å². The van der Waals surface area contributed by atoms with E-state index in [2.05, 4.69) is 10.3 Å². The second kappa shape index (κ2) is 6.05. The Labute approximate surface area is 122 Å². The standard InChI is InChI=1S/C15H19N3O3/c19-12-1-2-14-13(9-12)11(10-17-14)3-4-16-15(20)18-5-7-21-8-6-18/h1-2,9-10,17,19H,3-8H2,(H,16,20). The summed E-state index contributed by atoms with van der Waals surface area (Å²) in [7, 11) is 0. The van der Waals surface area contributed by atoms with Crippen LogP contribution in [0.2, 0.25) is 0 Å². The minimum absolute atomic E-state index is 0.0408. The fourth-order valence-electron chi connectivity index (χ4n) is 2.56.